The van der Waals surface area contributed by atoms with E-state index in [9.17, 15) is 14.4 Å². The maximum Gasteiger partial charge on any atom is 0.306 e. The van der Waals surface area contributed by atoms with Crippen molar-refractivity contribution in [2.45, 2.75) is 291 Å². The van der Waals surface area contributed by atoms with E-state index in [4.69, 9.17) is 14.2 Å². The molecule has 344 valence electrons. The van der Waals surface area contributed by atoms with Gasteiger partial charge in [0.25, 0.3) is 0 Å². The van der Waals surface area contributed by atoms with Crippen LogP contribution in [0.3, 0.4) is 0 Å². The van der Waals surface area contributed by atoms with Crippen LogP contribution >= 0.6 is 0 Å². The summed E-state index contributed by atoms with van der Waals surface area (Å²) < 4.78 is 16.8. The van der Waals surface area contributed by atoms with Gasteiger partial charge in [-0.3, -0.25) is 14.4 Å². The van der Waals surface area contributed by atoms with Crippen molar-refractivity contribution >= 4 is 17.9 Å². The smallest absolute Gasteiger partial charge is 0.306 e. The molecule has 1 atom stereocenters. The van der Waals surface area contributed by atoms with Crippen LogP contribution < -0.4 is 0 Å². The number of carbonyl (C=O) groups excluding carboxylic acids is 3. The van der Waals surface area contributed by atoms with Gasteiger partial charge in [-0.05, 0) is 31.1 Å². The van der Waals surface area contributed by atoms with E-state index >= 15 is 0 Å². The highest BCUT2D eigenvalue weighted by Crippen LogP contribution is 2.17. The van der Waals surface area contributed by atoms with Crippen molar-refractivity contribution in [1.29, 1.82) is 0 Å². The van der Waals surface area contributed by atoms with E-state index < -0.39 is 6.10 Å². The molecule has 0 radical (unpaired) electrons. The lowest BCUT2D eigenvalue weighted by Gasteiger charge is -2.18. The van der Waals surface area contributed by atoms with E-state index in [2.05, 4.69) is 34.6 Å². The summed E-state index contributed by atoms with van der Waals surface area (Å²) in [5.74, 6) is 0.719. The van der Waals surface area contributed by atoms with Gasteiger partial charge in [-0.1, -0.05) is 247 Å². The van der Waals surface area contributed by atoms with Gasteiger partial charge in [0.2, 0.25) is 0 Å². The minimum absolute atomic E-state index is 0.0650. The molecule has 0 fully saturated rings. The van der Waals surface area contributed by atoms with Gasteiger partial charge in [0, 0.05) is 19.3 Å². The van der Waals surface area contributed by atoms with Gasteiger partial charge in [0.15, 0.2) is 6.10 Å². The second kappa shape index (κ2) is 44.9. The minimum Gasteiger partial charge on any atom is -0.462 e. The van der Waals surface area contributed by atoms with Crippen molar-refractivity contribution in [3.05, 3.63) is 0 Å². The van der Waals surface area contributed by atoms with E-state index in [1.165, 1.54) is 173 Å². The second-order valence-electron chi connectivity index (χ2n) is 18.8. The van der Waals surface area contributed by atoms with E-state index in [1.54, 1.807) is 0 Å². The van der Waals surface area contributed by atoms with Gasteiger partial charge >= 0.3 is 17.9 Å². The maximum atomic E-state index is 12.7. The third-order valence-electron chi connectivity index (χ3n) is 11.7. The van der Waals surface area contributed by atoms with Gasteiger partial charge in [-0.15, -0.1) is 0 Å². The Labute approximate surface area is 361 Å². The Morgan fingerprint density at radius 1 is 0.328 bits per heavy atom. The highest BCUT2D eigenvalue weighted by atomic mass is 16.6. The average molecular weight is 821 g/mol. The first-order valence-electron chi connectivity index (χ1n) is 25.7. The van der Waals surface area contributed by atoms with Crippen LogP contribution in [0.2, 0.25) is 0 Å². The summed E-state index contributed by atoms with van der Waals surface area (Å²) >= 11 is 0. The van der Waals surface area contributed by atoms with Crippen LogP contribution in [0.4, 0.5) is 0 Å². The van der Waals surface area contributed by atoms with Crippen molar-refractivity contribution < 1.29 is 28.6 Å². The topological polar surface area (TPSA) is 78.9 Å². The number of hydrogen-bond acceptors (Lipinski definition) is 6. The molecule has 0 spiro atoms. The molecule has 0 aromatic rings. The number of carbonyl (C=O) groups is 3. The molecule has 0 saturated carbocycles. The summed E-state index contributed by atoms with van der Waals surface area (Å²) in [7, 11) is 0. The predicted octanol–water partition coefficient (Wildman–Crippen LogP) is 16.5. The van der Waals surface area contributed by atoms with Crippen LogP contribution in [-0.2, 0) is 28.6 Å². The van der Waals surface area contributed by atoms with E-state index in [-0.39, 0.29) is 31.1 Å². The van der Waals surface area contributed by atoms with Gasteiger partial charge < -0.3 is 14.2 Å². The van der Waals surface area contributed by atoms with Crippen molar-refractivity contribution in [2.24, 2.45) is 11.8 Å². The molecule has 0 aromatic heterocycles. The summed E-state index contributed by atoms with van der Waals surface area (Å²) in [6.07, 6.45) is 45.4. The fourth-order valence-corrected chi connectivity index (χ4v) is 7.81. The Bertz CT molecular complexity index is 885. The van der Waals surface area contributed by atoms with Crippen molar-refractivity contribution in [3.63, 3.8) is 0 Å². The first kappa shape index (κ1) is 56.4. The molecule has 0 amide bonds. The lowest BCUT2D eigenvalue weighted by molar-refractivity contribution is -0.167. The molecule has 0 heterocycles. The molecule has 0 bridgehead atoms. The quantitative estimate of drug-likeness (QED) is 0.0346. The van der Waals surface area contributed by atoms with E-state index in [1.807, 2.05) is 0 Å². The Balaban J connectivity index is 4.22. The average Bonchev–Trinajstić information content (AvgIpc) is 3.19. The minimum atomic E-state index is -0.762. The van der Waals surface area contributed by atoms with Gasteiger partial charge in [0.1, 0.15) is 13.2 Å². The second-order valence-corrected chi connectivity index (χ2v) is 18.8. The van der Waals surface area contributed by atoms with E-state index in [0.29, 0.717) is 19.3 Å². The van der Waals surface area contributed by atoms with Crippen LogP contribution in [0.25, 0.3) is 0 Å². The fraction of sp³-hybridized carbons (Fsp3) is 0.942. The number of unbranched alkanes of at least 4 members (excludes halogenated alkanes) is 31. The van der Waals surface area contributed by atoms with Crippen LogP contribution in [0.5, 0.6) is 0 Å². The van der Waals surface area contributed by atoms with Crippen LogP contribution in [0, 0.1) is 11.8 Å². The zero-order valence-electron chi connectivity index (χ0n) is 39.7. The maximum absolute atomic E-state index is 12.7. The molecule has 0 N–H and O–H groups in total. The summed E-state index contributed by atoms with van der Waals surface area (Å²) in [5, 5.41) is 0. The largest absolute Gasteiger partial charge is 0.462 e. The van der Waals surface area contributed by atoms with Crippen molar-refractivity contribution in [3.8, 4) is 0 Å². The highest BCUT2D eigenvalue weighted by Gasteiger charge is 2.19. The summed E-state index contributed by atoms with van der Waals surface area (Å²) in [4.78, 5) is 37.8. The molecule has 0 aliphatic rings. The molecule has 0 aromatic carbocycles. The van der Waals surface area contributed by atoms with Crippen LogP contribution in [-0.4, -0.2) is 37.2 Å². The molecule has 6 heteroatoms. The molecule has 0 saturated heterocycles. The molecular formula is C52H100O6. The highest BCUT2D eigenvalue weighted by molar-refractivity contribution is 5.71. The van der Waals surface area contributed by atoms with Crippen molar-refractivity contribution in [2.75, 3.05) is 13.2 Å². The number of ether oxygens (including phenoxy) is 3. The van der Waals surface area contributed by atoms with Crippen LogP contribution in [0.1, 0.15) is 285 Å². The first-order chi connectivity index (χ1) is 28.2. The first-order valence-corrected chi connectivity index (χ1v) is 25.7. The van der Waals surface area contributed by atoms with Crippen molar-refractivity contribution in [1.82, 2.24) is 0 Å². The Morgan fingerprint density at radius 2 is 0.569 bits per heavy atom. The van der Waals surface area contributed by atoms with E-state index in [0.717, 1.165) is 69.6 Å². The Kier molecular flexibility index (Phi) is 43.7. The summed E-state index contributed by atoms with van der Waals surface area (Å²) in [5.41, 5.74) is 0. The number of hydrogen-bond donors (Lipinski definition) is 0. The molecule has 58 heavy (non-hydrogen) atoms. The summed E-state index contributed by atoms with van der Waals surface area (Å²) in [6, 6.07) is 0. The number of esters is 3. The molecule has 0 aliphatic carbocycles. The van der Waals surface area contributed by atoms with Gasteiger partial charge in [0.05, 0.1) is 0 Å². The standard InChI is InChI=1S/C52H100O6/c1-6-7-8-9-10-11-12-13-14-15-16-17-18-19-20-21-27-32-37-42-50(53)56-45-49(58-52(55)44-39-34-29-24-26-31-36-41-48(4)5)46-57-51(54)43-38-33-28-23-22-25-30-35-40-47(2)3/h47-49H,6-46H2,1-5H3/t49-/m0/s1. The predicted molar refractivity (Wildman–Crippen MR) is 247 cm³/mol. The Morgan fingerprint density at radius 3 is 0.845 bits per heavy atom. The number of rotatable bonds is 46. The SMILES string of the molecule is CCCCCCCCCCCCCCCCCCCCCC(=O)OC[C@@H](COC(=O)CCCCCCCCCCC(C)C)OC(=O)CCCCCCCCCC(C)C. The lowest BCUT2D eigenvalue weighted by Crippen LogP contribution is -2.30. The normalized spacial score (nSPS) is 12.1. The zero-order valence-corrected chi connectivity index (χ0v) is 39.7. The van der Waals surface area contributed by atoms with Crippen LogP contribution in [0.15, 0.2) is 0 Å². The lowest BCUT2D eigenvalue weighted by atomic mass is 10.0. The van der Waals surface area contributed by atoms with Gasteiger partial charge in [-0.2, -0.15) is 0 Å². The zero-order chi connectivity index (χ0) is 42.6. The summed E-state index contributed by atoms with van der Waals surface area (Å²) in [6.45, 7) is 11.3. The monoisotopic (exact) mass is 821 g/mol. The van der Waals surface area contributed by atoms with Gasteiger partial charge in [-0.25, -0.2) is 0 Å². The molecule has 0 aliphatic heterocycles. The Hall–Kier alpha value is -1.59. The molecule has 0 unspecified atom stereocenters. The molecule has 6 nitrogen and oxygen atoms in total. The molecular weight excluding hydrogens is 721 g/mol. The fourth-order valence-electron chi connectivity index (χ4n) is 7.81. The third kappa shape index (κ3) is 45.5. The third-order valence-corrected chi connectivity index (χ3v) is 11.7. The molecule has 0 rings (SSSR count).